The average Bonchev–Trinajstić information content (AvgIpc) is 2.53. The van der Waals surface area contributed by atoms with Crippen LogP contribution in [0.3, 0.4) is 0 Å². The Labute approximate surface area is 134 Å². The standard InChI is InChI=1S/C16H16N2O4S/c19-16-10-22-15-7-6-13(8-14(15)18-16)9-17-23(20,21)11-12-4-2-1-3-5-12/h1-8,17H,9-11H2,(H,18,19). The summed E-state index contributed by atoms with van der Waals surface area (Å²) < 4.78 is 32.0. The van der Waals surface area contributed by atoms with Crippen molar-refractivity contribution in [1.82, 2.24) is 4.72 Å². The maximum absolute atomic E-state index is 12.1. The van der Waals surface area contributed by atoms with Crippen molar-refractivity contribution >= 4 is 21.6 Å². The first-order valence-corrected chi connectivity index (χ1v) is 8.74. The molecular formula is C16H16N2O4S. The molecule has 0 aromatic heterocycles. The van der Waals surface area contributed by atoms with Gasteiger partial charge in [-0.2, -0.15) is 0 Å². The van der Waals surface area contributed by atoms with Crippen molar-refractivity contribution in [2.75, 3.05) is 11.9 Å². The molecule has 0 saturated heterocycles. The topological polar surface area (TPSA) is 84.5 Å². The van der Waals surface area contributed by atoms with Crippen LogP contribution in [0.15, 0.2) is 48.5 Å². The summed E-state index contributed by atoms with van der Waals surface area (Å²) in [7, 11) is -3.43. The lowest BCUT2D eigenvalue weighted by atomic mass is 10.1. The van der Waals surface area contributed by atoms with Crippen molar-refractivity contribution in [3.63, 3.8) is 0 Å². The van der Waals surface area contributed by atoms with Crippen LogP contribution >= 0.6 is 0 Å². The van der Waals surface area contributed by atoms with Crippen molar-refractivity contribution in [2.45, 2.75) is 12.3 Å². The summed E-state index contributed by atoms with van der Waals surface area (Å²) in [6.45, 7) is 0.147. The molecule has 120 valence electrons. The Morgan fingerprint density at radius 2 is 1.87 bits per heavy atom. The van der Waals surface area contributed by atoms with Crippen LogP contribution in [0.4, 0.5) is 5.69 Å². The Kier molecular flexibility index (Phi) is 4.31. The normalized spacial score (nSPS) is 13.8. The van der Waals surface area contributed by atoms with Crippen LogP contribution in [0.5, 0.6) is 5.75 Å². The van der Waals surface area contributed by atoms with E-state index in [1.165, 1.54) is 0 Å². The van der Waals surface area contributed by atoms with Gasteiger partial charge in [-0.25, -0.2) is 13.1 Å². The molecule has 1 aliphatic rings. The highest BCUT2D eigenvalue weighted by Crippen LogP contribution is 2.28. The van der Waals surface area contributed by atoms with E-state index in [-0.39, 0.29) is 24.8 Å². The van der Waals surface area contributed by atoms with Gasteiger partial charge in [0.2, 0.25) is 10.0 Å². The number of anilines is 1. The first-order chi connectivity index (χ1) is 11.0. The number of hydrogen-bond acceptors (Lipinski definition) is 4. The smallest absolute Gasteiger partial charge is 0.262 e. The maximum Gasteiger partial charge on any atom is 0.262 e. The Bertz CT molecular complexity index is 819. The minimum atomic E-state index is -3.43. The molecule has 0 spiro atoms. The second-order valence-corrected chi connectivity index (χ2v) is 7.04. The molecule has 0 unspecified atom stereocenters. The van der Waals surface area contributed by atoms with E-state index < -0.39 is 10.0 Å². The van der Waals surface area contributed by atoms with E-state index >= 15 is 0 Å². The van der Waals surface area contributed by atoms with Gasteiger partial charge >= 0.3 is 0 Å². The minimum Gasteiger partial charge on any atom is -0.482 e. The number of amides is 1. The first-order valence-electron chi connectivity index (χ1n) is 7.09. The van der Waals surface area contributed by atoms with Crippen LogP contribution in [0.2, 0.25) is 0 Å². The number of carbonyl (C=O) groups is 1. The third-order valence-corrected chi connectivity index (χ3v) is 4.67. The minimum absolute atomic E-state index is 0.00392. The van der Waals surface area contributed by atoms with Gasteiger partial charge in [-0.05, 0) is 23.3 Å². The van der Waals surface area contributed by atoms with Gasteiger partial charge < -0.3 is 10.1 Å². The van der Waals surface area contributed by atoms with Crippen LogP contribution in [-0.4, -0.2) is 20.9 Å². The van der Waals surface area contributed by atoms with Crippen LogP contribution in [0, 0.1) is 0 Å². The summed E-state index contributed by atoms with van der Waals surface area (Å²) in [5, 5.41) is 2.70. The summed E-state index contributed by atoms with van der Waals surface area (Å²) in [5.74, 6) is 0.290. The first kappa shape index (κ1) is 15.5. The lowest BCUT2D eigenvalue weighted by molar-refractivity contribution is -0.118. The van der Waals surface area contributed by atoms with Crippen molar-refractivity contribution in [2.24, 2.45) is 0 Å². The lowest BCUT2D eigenvalue weighted by Gasteiger charge is -2.18. The molecule has 7 heteroatoms. The molecule has 3 rings (SSSR count). The van der Waals surface area contributed by atoms with E-state index in [0.717, 1.165) is 11.1 Å². The summed E-state index contributed by atoms with van der Waals surface area (Å²) in [6.07, 6.45) is 0. The summed E-state index contributed by atoms with van der Waals surface area (Å²) in [6, 6.07) is 14.2. The molecule has 2 N–H and O–H groups in total. The molecule has 1 amide bonds. The summed E-state index contributed by atoms with van der Waals surface area (Å²) in [5.41, 5.74) is 2.03. The lowest BCUT2D eigenvalue weighted by Crippen LogP contribution is -2.26. The molecular weight excluding hydrogens is 316 g/mol. The molecule has 2 aromatic rings. The molecule has 2 aromatic carbocycles. The number of sulfonamides is 1. The predicted molar refractivity (Wildman–Crippen MR) is 86.5 cm³/mol. The number of fused-ring (bicyclic) bond motifs is 1. The molecule has 0 radical (unpaired) electrons. The van der Waals surface area contributed by atoms with Gasteiger partial charge in [0, 0.05) is 6.54 Å². The van der Waals surface area contributed by atoms with Crippen LogP contribution in [0.25, 0.3) is 0 Å². The summed E-state index contributed by atoms with van der Waals surface area (Å²) >= 11 is 0. The third-order valence-electron chi connectivity index (χ3n) is 3.37. The highest BCUT2D eigenvalue weighted by atomic mass is 32.2. The highest BCUT2D eigenvalue weighted by molar-refractivity contribution is 7.88. The number of carbonyl (C=O) groups excluding carboxylic acids is 1. The maximum atomic E-state index is 12.1. The van der Waals surface area contributed by atoms with Gasteiger partial charge in [0.1, 0.15) is 5.75 Å². The Balaban J connectivity index is 1.66. The average molecular weight is 332 g/mol. The van der Waals surface area contributed by atoms with E-state index in [2.05, 4.69) is 10.0 Å². The monoisotopic (exact) mass is 332 g/mol. The number of benzene rings is 2. The molecule has 0 saturated carbocycles. The van der Waals surface area contributed by atoms with Gasteiger partial charge in [0.05, 0.1) is 11.4 Å². The fourth-order valence-electron chi connectivity index (χ4n) is 2.28. The Hall–Kier alpha value is -2.38. The van der Waals surface area contributed by atoms with Crippen molar-refractivity contribution in [3.8, 4) is 5.75 Å². The van der Waals surface area contributed by atoms with Crippen molar-refractivity contribution in [3.05, 3.63) is 59.7 Å². The number of rotatable bonds is 5. The second kappa shape index (κ2) is 6.39. The second-order valence-electron chi connectivity index (χ2n) is 5.23. The third kappa shape index (κ3) is 4.08. The van der Waals surface area contributed by atoms with E-state index in [4.69, 9.17) is 4.74 Å². The van der Waals surface area contributed by atoms with Crippen molar-refractivity contribution < 1.29 is 17.9 Å². The number of nitrogens with one attached hydrogen (secondary N) is 2. The zero-order valence-corrected chi connectivity index (χ0v) is 13.1. The molecule has 0 bridgehead atoms. The molecule has 1 aliphatic heterocycles. The zero-order valence-electron chi connectivity index (χ0n) is 12.3. The predicted octanol–water partition coefficient (Wildman–Crippen LogP) is 1.64. The van der Waals surface area contributed by atoms with E-state index in [0.29, 0.717) is 11.4 Å². The molecule has 0 atom stereocenters. The van der Waals surface area contributed by atoms with Crippen LogP contribution in [-0.2, 0) is 27.1 Å². The Morgan fingerprint density at radius 1 is 1.09 bits per heavy atom. The molecule has 6 nitrogen and oxygen atoms in total. The van der Waals surface area contributed by atoms with Crippen LogP contribution < -0.4 is 14.8 Å². The number of hydrogen-bond donors (Lipinski definition) is 2. The van der Waals surface area contributed by atoms with Gasteiger partial charge in [0.15, 0.2) is 6.61 Å². The quantitative estimate of drug-likeness (QED) is 0.872. The SMILES string of the molecule is O=C1COc2ccc(CNS(=O)(=O)Cc3ccccc3)cc2N1. The van der Waals surface area contributed by atoms with Gasteiger partial charge in [-0.15, -0.1) is 0 Å². The largest absolute Gasteiger partial charge is 0.482 e. The van der Waals surface area contributed by atoms with Crippen LogP contribution in [0.1, 0.15) is 11.1 Å². The van der Waals surface area contributed by atoms with Gasteiger partial charge in [-0.1, -0.05) is 36.4 Å². The molecule has 1 heterocycles. The van der Waals surface area contributed by atoms with E-state index in [1.807, 2.05) is 6.07 Å². The zero-order chi connectivity index (χ0) is 16.3. The Morgan fingerprint density at radius 3 is 2.65 bits per heavy atom. The van der Waals surface area contributed by atoms with Crippen molar-refractivity contribution in [1.29, 1.82) is 0 Å². The van der Waals surface area contributed by atoms with Gasteiger partial charge in [-0.3, -0.25) is 4.79 Å². The van der Waals surface area contributed by atoms with Gasteiger partial charge in [0.25, 0.3) is 5.91 Å². The fourth-order valence-corrected chi connectivity index (χ4v) is 3.40. The fraction of sp³-hybridized carbons (Fsp3) is 0.188. The van der Waals surface area contributed by atoms with E-state index in [9.17, 15) is 13.2 Å². The molecule has 23 heavy (non-hydrogen) atoms. The number of ether oxygens (including phenoxy) is 1. The highest BCUT2D eigenvalue weighted by Gasteiger charge is 2.17. The van der Waals surface area contributed by atoms with E-state index in [1.54, 1.807) is 42.5 Å². The summed E-state index contributed by atoms with van der Waals surface area (Å²) in [4.78, 5) is 11.3. The molecule has 0 aliphatic carbocycles. The molecule has 0 fully saturated rings.